The van der Waals surface area contributed by atoms with E-state index in [9.17, 15) is 14.0 Å². The highest BCUT2D eigenvalue weighted by Gasteiger charge is 2.22. The van der Waals surface area contributed by atoms with Gasteiger partial charge in [0.05, 0.1) is 0 Å². The number of carbonyl (C=O) groups excluding carboxylic acids is 2. The predicted octanol–water partition coefficient (Wildman–Crippen LogP) is 2.04. The maximum Gasteiger partial charge on any atom is 0.252 e. The minimum Gasteiger partial charge on any atom is -0.357 e. The first-order chi connectivity index (χ1) is 10.1. The van der Waals surface area contributed by atoms with Gasteiger partial charge in [0.15, 0.2) is 0 Å². The Bertz CT molecular complexity index is 626. The van der Waals surface area contributed by atoms with Crippen molar-refractivity contribution in [3.05, 3.63) is 71.5 Å². The Balaban J connectivity index is 2.21. The third-order valence-electron chi connectivity index (χ3n) is 3.02. The summed E-state index contributed by atoms with van der Waals surface area (Å²) in [6.07, 6.45) is 0. The Hall–Kier alpha value is -2.69. The number of hydrogen-bond donors (Lipinski definition) is 2. The summed E-state index contributed by atoms with van der Waals surface area (Å²) in [5.74, 6) is -1.18. The van der Waals surface area contributed by atoms with Crippen LogP contribution in [0.15, 0.2) is 54.6 Å². The molecule has 0 saturated carbocycles. The van der Waals surface area contributed by atoms with E-state index in [1.54, 1.807) is 24.3 Å². The van der Waals surface area contributed by atoms with Crippen molar-refractivity contribution in [2.45, 2.75) is 6.04 Å². The minimum atomic E-state index is -0.797. The lowest BCUT2D eigenvalue weighted by molar-refractivity contribution is -0.122. The molecule has 5 heteroatoms. The molecule has 0 aliphatic heterocycles. The normalized spacial score (nSPS) is 11.5. The van der Waals surface area contributed by atoms with Crippen LogP contribution in [0.5, 0.6) is 0 Å². The van der Waals surface area contributed by atoms with Crippen LogP contribution in [0.1, 0.15) is 22.0 Å². The molecule has 2 aromatic carbocycles. The summed E-state index contributed by atoms with van der Waals surface area (Å²) in [5, 5.41) is 5.16. The minimum absolute atomic E-state index is 0.293. The fourth-order valence-electron chi connectivity index (χ4n) is 1.91. The Morgan fingerprint density at radius 3 is 2.19 bits per heavy atom. The highest BCUT2D eigenvalue weighted by Crippen LogP contribution is 2.14. The van der Waals surface area contributed by atoms with E-state index in [0.29, 0.717) is 11.1 Å². The molecule has 2 rings (SSSR count). The summed E-state index contributed by atoms with van der Waals surface area (Å²) >= 11 is 0. The van der Waals surface area contributed by atoms with Gasteiger partial charge in [0.1, 0.15) is 11.9 Å². The van der Waals surface area contributed by atoms with Crippen molar-refractivity contribution in [2.24, 2.45) is 0 Å². The van der Waals surface area contributed by atoms with Gasteiger partial charge in [0.2, 0.25) is 5.91 Å². The number of nitrogens with one attached hydrogen (secondary N) is 2. The van der Waals surface area contributed by atoms with E-state index in [0.717, 1.165) is 0 Å². The maximum absolute atomic E-state index is 12.9. The number of benzene rings is 2. The third kappa shape index (κ3) is 3.66. The van der Waals surface area contributed by atoms with E-state index >= 15 is 0 Å². The lowest BCUT2D eigenvalue weighted by atomic mass is 10.1. The molecule has 0 heterocycles. The van der Waals surface area contributed by atoms with E-state index < -0.39 is 17.8 Å². The van der Waals surface area contributed by atoms with Crippen LogP contribution >= 0.6 is 0 Å². The molecule has 0 aromatic heterocycles. The van der Waals surface area contributed by atoms with Gasteiger partial charge in [-0.05, 0) is 29.8 Å². The molecule has 2 N–H and O–H groups in total. The van der Waals surface area contributed by atoms with Gasteiger partial charge in [-0.3, -0.25) is 9.59 Å². The summed E-state index contributed by atoms with van der Waals surface area (Å²) in [7, 11) is 1.50. The molecule has 4 nitrogen and oxygen atoms in total. The smallest absolute Gasteiger partial charge is 0.252 e. The van der Waals surface area contributed by atoms with Crippen LogP contribution < -0.4 is 10.6 Å². The number of amides is 2. The van der Waals surface area contributed by atoms with Crippen molar-refractivity contribution in [1.29, 1.82) is 0 Å². The molecule has 0 fully saturated rings. The molecule has 2 amide bonds. The first kappa shape index (κ1) is 14.7. The van der Waals surface area contributed by atoms with Crippen LogP contribution in [0.25, 0.3) is 0 Å². The number of rotatable bonds is 4. The zero-order chi connectivity index (χ0) is 15.2. The maximum atomic E-state index is 12.9. The average molecular weight is 286 g/mol. The first-order valence-electron chi connectivity index (χ1n) is 6.45. The van der Waals surface area contributed by atoms with Crippen LogP contribution in [0.2, 0.25) is 0 Å². The molecule has 2 aromatic rings. The molecule has 108 valence electrons. The van der Waals surface area contributed by atoms with Gasteiger partial charge in [0, 0.05) is 12.6 Å². The standard InChI is InChI=1S/C16H15FN2O2/c1-18-16(21)14(11-5-3-2-4-6-11)19-15(20)12-7-9-13(17)10-8-12/h2-10,14H,1H3,(H,18,21)(H,19,20). The number of halogens is 1. The zero-order valence-electron chi connectivity index (χ0n) is 11.5. The number of carbonyl (C=O) groups is 2. The van der Waals surface area contributed by atoms with Crippen LogP contribution in [-0.2, 0) is 4.79 Å². The molecule has 1 unspecified atom stereocenters. The summed E-state index contributed by atoms with van der Waals surface area (Å²) in [6, 6.07) is 13.3. The van der Waals surface area contributed by atoms with Crippen molar-refractivity contribution < 1.29 is 14.0 Å². The van der Waals surface area contributed by atoms with Crippen molar-refractivity contribution in [3.63, 3.8) is 0 Å². The lowest BCUT2D eigenvalue weighted by Gasteiger charge is -2.17. The Kier molecular flexibility index (Phi) is 4.66. The van der Waals surface area contributed by atoms with Gasteiger partial charge in [-0.25, -0.2) is 4.39 Å². The lowest BCUT2D eigenvalue weighted by Crippen LogP contribution is -2.39. The molecular formula is C16H15FN2O2. The highest BCUT2D eigenvalue weighted by atomic mass is 19.1. The second-order valence-corrected chi connectivity index (χ2v) is 4.44. The van der Waals surface area contributed by atoms with Crippen LogP contribution in [-0.4, -0.2) is 18.9 Å². The molecule has 0 aliphatic carbocycles. The van der Waals surface area contributed by atoms with Gasteiger partial charge < -0.3 is 10.6 Å². The summed E-state index contributed by atoms with van der Waals surface area (Å²) in [4.78, 5) is 24.1. The van der Waals surface area contributed by atoms with Crippen molar-refractivity contribution in [3.8, 4) is 0 Å². The Morgan fingerprint density at radius 2 is 1.62 bits per heavy atom. The molecule has 0 saturated heterocycles. The van der Waals surface area contributed by atoms with Crippen molar-refractivity contribution in [2.75, 3.05) is 7.05 Å². The highest BCUT2D eigenvalue weighted by molar-refractivity contribution is 5.97. The fourth-order valence-corrected chi connectivity index (χ4v) is 1.91. The van der Waals surface area contributed by atoms with E-state index in [1.807, 2.05) is 6.07 Å². The van der Waals surface area contributed by atoms with E-state index in [4.69, 9.17) is 0 Å². The summed E-state index contributed by atoms with van der Waals surface area (Å²) < 4.78 is 12.9. The van der Waals surface area contributed by atoms with Gasteiger partial charge in [-0.15, -0.1) is 0 Å². The second kappa shape index (κ2) is 6.65. The van der Waals surface area contributed by atoms with E-state index in [2.05, 4.69) is 10.6 Å². The molecule has 21 heavy (non-hydrogen) atoms. The molecule has 0 bridgehead atoms. The molecule has 0 radical (unpaired) electrons. The summed E-state index contributed by atoms with van der Waals surface area (Å²) in [6.45, 7) is 0. The largest absolute Gasteiger partial charge is 0.357 e. The van der Waals surface area contributed by atoms with Gasteiger partial charge in [-0.2, -0.15) is 0 Å². The zero-order valence-corrected chi connectivity index (χ0v) is 11.5. The SMILES string of the molecule is CNC(=O)C(NC(=O)c1ccc(F)cc1)c1ccccc1. The Morgan fingerprint density at radius 1 is 1.00 bits per heavy atom. The molecule has 0 spiro atoms. The van der Waals surface area contributed by atoms with Gasteiger partial charge >= 0.3 is 0 Å². The second-order valence-electron chi connectivity index (χ2n) is 4.44. The van der Waals surface area contributed by atoms with Crippen molar-refractivity contribution in [1.82, 2.24) is 10.6 Å². The van der Waals surface area contributed by atoms with Gasteiger partial charge in [0.25, 0.3) is 5.91 Å². The van der Waals surface area contributed by atoms with Crippen LogP contribution in [0.3, 0.4) is 0 Å². The van der Waals surface area contributed by atoms with Crippen molar-refractivity contribution >= 4 is 11.8 Å². The number of likely N-dealkylation sites (N-methyl/N-ethyl adjacent to an activating group) is 1. The predicted molar refractivity (Wildman–Crippen MR) is 77.1 cm³/mol. The molecular weight excluding hydrogens is 271 g/mol. The third-order valence-corrected chi connectivity index (χ3v) is 3.02. The van der Waals surface area contributed by atoms with Crippen LogP contribution in [0.4, 0.5) is 4.39 Å². The number of hydrogen-bond acceptors (Lipinski definition) is 2. The van der Waals surface area contributed by atoms with Crippen LogP contribution in [0, 0.1) is 5.82 Å². The van der Waals surface area contributed by atoms with E-state index in [-0.39, 0.29) is 5.91 Å². The first-order valence-corrected chi connectivity index (χ1v) is 6.45. The topological polar surface area (TPSA) is 58.2 Å². The Labute approximate surface area is 122 Å². The summed E-state index contributed by atoms with van der Waals surface area (Å²) in [5.41, 5.74) is 0.966. The molecule has 1 atom stereocenters. The van der Waals surface area contributed by atoms with Gasteiger partial charge in [-0.1, -0.05) is 30.3 Å². The van der Waals surface area contributed by atoms with E-state index in [1.165, 1.54) is 31.3 Å². The fraction of sp³-hybridized carbons (Fsp3) is 0.125. The monoisotopic (exact) mass is 286 g/mol. The molecule has 0 aliphatic rings. The average Bonchev–Trinajstić information content (AvgIpc) is 2.53. The quantitative estimate of drug-likeness (QED) is 0.903.